The van der Waals surface area contributed by atoms with E-state index in [1.54, 1.807) is 12.3 Å². The van der Waals surface area contributed by atoms with Gasteiger partial charge in [0.1, 0.15) is 18.5 Å². The van der Waals surface area contributed by atoms with E-state index >= 15 is 0 Å². The summed E-state index contributed by atoms with van der Waals surface area (Å²) < 4.78 is 10.5. The van der Waals surface area contributed by atoms with E-state index in [1.807, 2.05) is 31.2 Å². The summed E-state index contributed by atoms with van der Waals surface area (Å²) >= 11 is 0. The molecule has 6 nitrogen and oxygen atoms in total. The first-order valence-corrected chi connectivity index (χ1v) is 6.66. The fraction of sp³-hybridized carbons (Fsp3) is 0.333. The second-order valence-electron chi connectivity index (χ2n) is 4.58. The van der Waals surface area contributed by atoms with Gasteiger partial charge in [0.2, 0.25) is 11.8 Å². The first kappa shape index (κ1) is 15.1. The van der Waals surface area contributed by atoms with Gasteiger partial charge in [0.05, 0.1) is 7.11 Å². The van der Waals surface area contributed by atoms with Gasteiger partial charge in [-0.3, -0.25) is 0 Å². The number of nitrogens with one attached hydrogen (secondary N) is 1. The average Bonchev–Trinajstić information content (AvgIpc) is 2.51. The molecule has 2 rings (SSSR count). The lowest BCUT2D eigenvalue weighted by Gasteiger charge is -2.13. The molecular weight excluding hydrogens is 270 g/mol. The zero-order chi connectivity index (χ0) is 15.1. The Labute approximate surface area is 123 Å². The summed E-state index contributed by atoms with van der Waals surface area (Å²) in [4.78, 5) is 8.13. The van der Waals surface area contributed by atoms with Crippen LogP contribution >= 0.6 is 0 Å². The predicted octanol–water partition coefficient (Wildman–Crippen LogP) is 1.65. The van der Waals surface area contributed by atoms with E-state index in [0.29, 0.717) is 18.4 Å². The summed E-state index contributed by atoms with van der Waals surface area (Å²) in [6.07, 6.45) is 0.921. The Morgan fingerprint density at radius 2 is 2.19 bits per heavy atom. The Kier molecular flexibility index (Phi) is 5.34. The molecule has 21 heavy (non-hydrogen) atoms. The summed E-state index contributed by atoms with van der Waals surface area (Å²) in [5.41, 5.74) is 1.12. The van der Waals surface area contributed by atoms with Gasteiger partial charge in [0.25, 0.3) is 0 Å². The molecule has 0 aliphatic rings. The summed E-state index contributed by atoms with van der Waals surface area (Å²) in [5.74, 6) is 1.62. The molecule has 0 saturated heterocycles. The summed E-state index contributed by atoms with van der Waals surface area (Å²) in [5, 5.41) is 12.8. The van der Waals surface area contributed by atoms with Gasteiger partial charge >= 0.3 is 0 Å². The van der Waals surface area contributed by atoms with E-state index < -0.39 is 6.10 Å². The standard InChI is InChI=1S/C15H19N3O3/c1-11-4-3-5-13(8-11)21-10-12(19)9-17-15-16-7-6-14(18-15)20-2/h3-8,12,19H,9-10H2,1-2H3,(H,16,17,18). The lowest BCUT2D eigenvalue weighted by atomic mass is 10.2. The number of aliphatic hydroxyl groups excluding tert-OH is 1. The third kappa shape index (κ3) is 4.92. The van der Waals surface area contributed by atoms with Crippen LogP contribution in [0.15, 0.2) is 36.5 Å². The second-order valence-corrected chi connectivity index (χ2v) is 4.58. The van der Waals surface area contributed by atoms with Crippen molar-refractivity contribution in [3.63, 3.8) is 0 Å². The minimum absolute atomic E-state index is 0.195. The van der Waals surface area contributed by atoms with Gasteiger partial charge in [-0.2, -0.15) is 4.98 Å². The maximum absolute atomic E-state index is 9.89. The van der Waals surface area contributed by atoms with Crippen LogP contribution in [-0.2, 0) is 0 Å². The fourth-order valence-electron chi connectivity index (χ4n) is 1.71. The van der Waals surface area contributed by atoms with Crippen molar-refractivity contribution in [3.8, 4) is 11.6 Å². The normalized spacial score (nSPS) is 11.8. The third-order valence-electron chi connectivity index (χ3n) is 2.77. The van der Waals surface area contributed by atoms with E-state index in [2.05, 4.69) is 15.3 Å². The molecule has 0 fully saturated rings. The van der Waals surface area contributed by atoms with E-state index in [9.17, 15) is 5.11 Å². The van der Waals surface area contributed by atoms with Crippen LogP contribution in [0.2, 0.25) is 0 Å². The molecule has 0 radical (unpaired) electrons. The molecule has 1 aromatic heterocycles. The number of hydrogen-bond acceptors (Lipinski definition) is 6. The summed E-state index contributed by atoms with van der Waals surface area (Å²) in [6, 6.07) is 9.34. The van der Waals surface area contributed by atoms with Crippen molar-refractivity contribution in [1.29, 1.82) is 0 Å². The topological polar surface area (TPSA) is 76.5 Å². The Bertz CT molecular complexity index is 578. The Hall–Kier alpha value is -2.34. The quantitative estimate of drug-likeness (QED) is 0.807. The number of aryl methyl sites for hydroxylation is 1. The number of rotatable bonds is 7. The first-order valence-electron chi connectivity index (χ1n) is 6.66. The van der Waals surface area contributed by atoms with Crippen LogP contribution in [0, 0.1) is 6.92 Å². The van der Waals surface area contributed by atoms with Crippen LogP contribution in [0.5, 0.6) is 11.6 Å². The average molecular weight is 289 g/mol. The maximum Gasteiger partial charge on any atom is 0.226 e. The number of anilines is 1. The molecule has 0 saturated carbocycles. The summed E-state index contributed by atoms with van der Waals surface area (Å²) in [7, 11) is 1.54. The predicted molar refractivity (Wildman–Crippen MR) is 79.8 cm³/mol. The number of nitrogens with zero attached hydrogens (tertiary/aromatic N) is 2. The van der Waals surface area contributed by atoms with Crippen molar-refractivity contribution in [3.05, 3.63) is 42.1 Å². The SMILES string of the molecule is COc1ccnc(NCC(O)COc2cccc(C)c2)n1. The van der Waals surface area contributed by atoms with Crippen LogP contribution in [0.3, 0.4) is 0 Å². The molecule has 1 aromatic carbocycles. The largest absolute Gasteiger partial charge is 0.491 e. The minimum Gasteiger partial charge on any atom is -0.491 e. The molecule has 2 N–H and O–H groups in total. The van der Waals surface area contributed by atoms with Gasteiger partial charge in [-0.05, 0) is 24.6 Å². The van der Waals surface area contributed by atoms with Crippen molar-refractivity contribution in [1.82, 2.24) is 9.97 Å². The van der Waals surface area contributed by atoms with Crippen LogP contribution < -0.4 is 14.8 Å². The van der Waals surface area contributed by atoms with Gasteiger partial charge in [0, 0.05) is 18.8 Å². The molecule has 1 unspecified atom stereocenters. The highest BCUT2D eigenvalue weighted by Gasteiger charge is 2.07. The molecular formula is C15H19N3O3. The molecule has 1 atom stereocenters. The lowest BCUT2D eigenvalue weighted by Crippen LogP contribution is -2.27. The molecule has 0 aliphatic heterocycles. The highest BCUT2D eigenvalue weighted by molar-refractivity contribution is 5.28. The lowest BCUT2D eigenvalue weighted by molar-refractivity contribution is 0.117. The maximum atomic E-state index is 9.89. The Morgan fingerprint density at radius 3 is 2.95 bits per heavy atom. The second kappa shape index (κ2) is 7.44. The highest BCUT2D eigenvalue weighted by atomic mass is 16.5. The molecule has 0 amide bonds. The number of ether oxygens (including phenoxy) is 2. The minimum atomic E-state index is -0.666. The van der Waals surface area contributed by atoms with E-state index in [0.717, 1.165) is 11.3 Å². The molecule has 0 aliphatic carbocycles. The molecule has 2 aromatic rings. The number of aliphatic hydroxyl groups is 1. The van der Waals surface area contributed by atoms with E-state index in [1.165, 1.54) is 7.11 Å². The van der Waals surface area contributed by atoms with Crippen LogP contribution in [0.25, 0.3) is 0 Å². The van der Waals surface area contributed by atoms with Crippen molar-refractivity contribution < 1.29 is 14.6 Å². The van der Waals surface area contributed by atoms with Gasteiger partial charge in [-0.25, -0.2) is 4.98 Å². The van der Waals surface area contributed by atoms with Crippen LogP contribution in [0.1, 0.15) is 5.56 Å². The van der Waals surface area contributed by atoms with Crippen molar-refractivity contribution in [2.75, 3.05) is 25.6 Å². The number of methoxy groups -OCH3 is 1. The van der Waals surface area contributed by atoms with E-state index in [-0.39, 0.29) is 6.61 Å². The monoisotopic (exact) mass is 289 g/mol. The van der Waals surface area contributed by atoms with Crippen LogP contribution in [-0.4, -0.2) is 41.4 Å². The molecule has 1 heterocycles. The highest BCUT2D eigenvalue weighted by Crippen LogP contribution is 2.12. The third-order valence-corrected chi connectivity index (χ3v) is 2.77. The Morgan fingerprint density at radius 1 is 1.33 bits per heavy atom. The van der Waals surface area contributed by atoms with Gasteiger partial charge in [0.15, 0.2) is 0 Å². The van der Waals surface area contributed by atoms with Gasteiger partial charge < -0.3 is 19.9 Å². The van der Waals surface area contributed by atoms with Gasteiger partial charge in [-0.15, -0.1) is 0 Å². The summed E-state index contributed by atoms with van der Waals surface area (Å²) in [6.45, 7) is 2.48. The zero-order valence-electron chi connectivity index (χ0n) is 12.1. The van der Waals surface area contributed by atoms with E-state index in [4.69, 9.17) is 9.47 Å². The molecule has 112 valence electrons. The molecule has 6 heteroatoms. The van der Waals surface area contributed by atoms with Crippen LogP contribution in [0.4, 0.5) is 5.95 Å². The smallest absolute Gasteiger partial charge is 0.226 e. The Balaban J connectivity index is 1.78. The van der Waals surface area contributed by atoms with Crippen molar-refractivity contribution in [2.24, 2.45) is 0 Å². The fourth-order valence-corrected chi connectivity index (χ4v) is 1.71. The molecule has 0 spiro atoms. The number of hydrogen-bond donors (Lipinski definition) is 2. The number of benzene rings is 1. The molecule has 0 bridgehead atoms. The van der Waals surface area contributed by atoms with Gasteiger partial charge in [-0.1, -0.05) is 12.1 Å². The zero-order valence-corrected chi connectivity index (χ0v) is 12.1. The van der Waals surface area contributed by atoms with Crippen molar-refractivity contribution in [2.45, 2.75) is 13.0 Å². The number of aromatic nitrogens is 2. The first-order chi connectivity index (χ1) is 10.2. The van der Waals surface area contributed by atoms with Crippen molar-refractivity contribution >= 4 is 5.95 Å².